The maximum atomic E-state index is 13.4. The summed E-state index contributed by atoms with van der Waals surface area (Å²) >= 11 is 1.01. The predicted molar refractivity (Wildman–Crippen MR) is 116 cm³/mol. The third-order valence-corrected chi connectivity index (χ3v) is 6.54. The van der Waals surface area contributed by atoms with E-state index in [4.69, 9.17) is 0 Å². The molecule has 0 radical (unpaired) electrons. The third kappa shape index (κ3) is 5.75. The van der Waals surface area contributed by atoms with Crippen molar-refractivity contribution in [3.8, 4) is 5.75 Å². The number of anilines is 1. The van der Waals surface area contributed by atoms with Gasteiger partial charge in [-0.05, 0) is 38.4 Å². The number of likely N-dealkylation sites (N-methyl/N-ethyl adjacent to an activating group) is 1. The Bertz CT molecular complexity index is 1240. The van der Waals surface area contributed by atoms with Crippen LogP contribution in [-0.2, 0) is 9.84 Å². The van der Waals surface area contributed by atoms with Gasteiger partial charge in [-0.2, -0.15) is 0 Å². The normalized spacial score (nSPS) is 12.3. The second-order valence-electron chi connectivity index (χ2n) is 7.20. The summed E-state index contributed by atoms with van der Waals surface area (Å²) in [6.07, 6.45) is -3.81. The Balaban J connectivity index is 2.05. The molecule has 0 aliphatic rings. The van der Waals surface area contributed by atoms with Gasteiger partial charge in [0.05, 0.1) is 20.7 Å². The van der Waals surface area contributed by atoms with Crippen LogP contribution in [0.25, 0.3) is 10.2 Å². The Labute approximate surface area is 187 Å². The number of halogens is 3. The second-order valence-corrected chi connectivity index (χ2v) is 10.2. The number of ether oxygens (including phenoxy) is 1. The summed E-state index contributed by atoms with van der Waals surface area (Å²) in [5, 5.41) is 0.235. The van der Waals surface area contributed by atoms with Crippen LogP contribution < -0.4 is 9.64 Å². The number of benzene rings is 2. The van der Waals surface area contributed by atoms with Crippen LogP contribution in [-0.4, -0.2) is 64.0 Å². The summed E-state index contributed by atoms with van der Waals surface area (Å²) in [6, 6.07) is 9.57. The zero-order valence-corrected chi connectivity index (χ0v) is 19.0. The number of carbonyl (C=O) groups excluding carboxylic acids is 1. The van der Waals surface area contributed by atoms with E-state index < -0.39 is 27.9 Å². The average Bonchev–Trinajstić information content (AvgIpc) is 3.08. The van der Waals surface area contributed by atoms with Crippen LogP contribution in [0.15, 0.2) is 47.4 Å². The SMILES string of the molecule is CN(C)CCN(C(=O)c1ccccc1S(C)(=O)=O)c1nc2ccc(OC(F)(F)F)cc2s1. The minimum Gasteiger partial charge on any atom is -0.406 e. The molecule has 0 saturated carbocycles. The van der Waals surface area contributed by atoms with Crippen molar-refractivity contribution in [2.75, 3.05) is 38.3 Å². The maximum Gasteiger partial charge on any atom is 0.573 e. The van der Waals surface area contributed by atoms with E-state index in [1.54, 1.807) is 6.07 Å². The number of fused-ring (bicyclic) bond motifs is 1. The van der Waals surface area contributed by atoms with Crippen molar-refractivity contribution in [1.82, 2.24) is 9.88 Å². The fourth-order valence-corrected chi connectivity index (χ4v) is 4.80. The molecule has 2 aromatic carbocycles. The Morgan fingerprint density at radius 2 is 1.81 bits per heavy atom. The van der Waals surface area contributed by atoms with E-state index in [9.17, 15) is 26.4 Å². The van der Waals surface area contributed by atoms with E-state index >= 15 is 0 Å². The highest BCUT2D eigenvalue weighted by Gasteiger charge is 2.31. The van der Waals surface area contributed by atoms with Crippen molar-refractivity contribution >= 4 is 42.4 Å². The molecule has 1 heterocycles. The summed E-state index contributed by atoms with van der Waals surface area (Å²) in [5.74, 6) is -0.965. The van der Waals surface area contributed by atoms with E-state index in [2.05, 4.69) is 9.72 Å². The first-order chi connectivity index (χ1) is 14.8. The average molecular weight is 488 g/mol. The number of aromatic nitrogens is 1. The van der Waals surface area contributed by atoms with E-state index in [1.165, 1.54) is 35.2 Å². The number of hydrogen-bond donors (Lipinski definition) is 0. The molecule has 12 heteroatoms. The van der Waals surface area contributed by atoms with Crippen molar-refractivity contribution < 1.29 is 31.1 Å². The molecule has 0 N–H and O–H groups in total. The molecular formula is C20H20F3N3O4S2. The molecule has 0 spiro atoms. The third-order valence-electron chi connectivity index (χ3n) is 4.35. The second kappa shape index (κ2) is 9.04. The Kier molecular flexibility index (Phi) is 6.77. The first-order valence-electron chi connectivity index (χ1n) is 9.27. The molecule has 32 heavy (non-hydrogen) atoms. The van der Waals surface area contributed by atoms with Crippen molar-refractivity contribution in [3.63, 3.8) is 0 Å². The van der Waals surface area contributed by atoms with Gasteiger partial charge in [-0.15, -0.1) is 13.2 Å². The molecule has 0 atom stereocenters. The highest BCUT2D eigenvalue weighted by atomic mass is 32.2. The van der Waals surface area contributed by atoms with Gasteiger partial charge >= 0.3 is 6.36 Å². The zero-order valence-electron chi connectivity index (χ0n) is 17.4. The van der Waals surface area contributed by atoms with E-state index in [1.807, 2.05) is 19.0 Å². The highest BCUT2D eigenvalue weighted by Crippen LogP contribution is 2.34. The molecule has 1 amide bonds. The number of hydrogen-bond acceptors (Lipinski definition) is 7. The summed E-state index contributed by atoms with van der Waals surface area (Å²) in [5.41, 5.74) is 0.382. The molecule has 0 bridgehead atoms. The summed E-state index contributed by atoms with van der Waals surface area (Å²) < 4.78 is 66.3. The number of nitrogens with zero attached hydrogens (tertiary/aromatic N) is 3. The van der Waals surface area contributed by atoms with Crippen molar-refractivity contribution in [2.45, 2.75) is 11.3 Å². The fourth-order valence-electron chi connectivity index (χ4n) is 2.90. The van der Waals surface area contributed by atoms with Crippen molar-refractivity contribution in [1.29, 1.82) is 0 Å². The number of carbonyl (C=O) groups is 1. The molecule has 0 saturated heterocycles. The Morgan fingerprint density at radius 1 is 1.12 bits per heavy atom. The van der Waals surface area contributed by atoms with Gasteiger partial charge in [0.15, 0.2) is 15.0 Å². The summed E-state index contributed by atoms with van der Waals surface area (Å²) in [6.45, 7) is 0.640. The van der Waals surface area contributed by atoms with Crippen LogP contribution in [0.4, 0.5) is 18.3 Å². The lowest BCUT2D eigenvalue weighted by Gasteiger charge is -2.22. The Hall–Kier alpha value is -2.70. The van der Waals surface area contributed by atoms with E-state index in [-0.39, 0.29) is 22.1 Å². The number of sulfone groups is 1. The minimum absolute atomic E-state index is 0.00546. The zero-order chi connectivity index (χ0) is 23.7. The number of amides is 1. The largest absolute Gasteiger partial charge is 0.573 e. The Morgan fingerprint density at radius 3 is 2.44 bits per heavy atom. The molecule has 1 aromatic heterocycles. The molecular weight excluding hydrogens is 467 g/mol. The monoisotopic (exact) mass is 487 g/mol. The van der Waals surface area contributed by atoms with Crippen LogP contribution in [0.5, 0.6) is 5.75 Å². The first kappa shape index (κ1) is 24.0. The number of alkyl halides is 3. The van der Waals surface area contributed by atoms with Crippen molar-refractivity contribution in [2.24, 2.45) is 0 Å². The quantitative estimate of drug-likeness (QED) is 0.504. The smallest absolute Gasteiger partial charge is 0.406 e. The van der Waals surface area contributed by atoms with E-state index in [0.29, 0.717) is 16.8 Å². The number of rotatable bonds is 7. The van der Waals surface area contributed by atoms with Crippen LogP contribution >= 0.6 is 11.3 Å². The lowest BCUT2D eigenvalue weighted by Crippen LogP contribution is -2.37. The minimum atomic E-state index is -4.83. The molecule has 7 nitrogen and oxygen atoms in total. The lowest BCUT2D eigenvalue weighted by atomic mass is 10.2. The molecule has 0 aliphatic heterocycles. The topological polar surface area (TPSA) is 79.8 Å². The van der Waals surface area contributed by atoms with Gasteiger partial charge in [-0.25, -0.2) is 13.4 Å². The molecule has 3 rings (SSSR count). The lowest BCUT2D eigenvalue weighted by molar-refractivity contribution is -0.274. The van der Waals surface area contributed by atoms with Crippen molar-refractivity contribution in [3.05, 3.63) is 48.0 Å². The highest BCUT2D eigenvalue weighted by molar-refractivity contribution is 7.90. The first-order valence-corrected chi connectivity index (χ1v) is 12.0. The van der Waals surface area contributed by atoms with Crippen LogP contribution in [0, 0.1) is 0 Å². The molecule has 172 valence electrons. The molecule has 0 aliphatic carbocycles. The van der Waals surface area contributed by atoms with E-state index in [0.717, 1.165) is 23.7 Å². The molecule has 0 fully saturated rings. The van der Waals surface area contributed by atoms with Crippen LogP contribution in [0.2, 0.25) is 0 Å². The summed E-state index contributed by atoms with van der Waals surface area (Å²) in [4.78, 5) is 20.8. The summed E-state index contributed by atoms with van der Waals surface area (Å²) in [7, 11) is -0.0477. The van der Waals surface area contributed by atoms with Gasteiger partial charge in [0, 0.05) is 25.4 Å². The molecule has 0 unspecified atom stereocenters. The van der Waals surface area contributed by atoms with Gasteiger partial charge in [0.2, 0.25) is 0 Å². The molecule has 3 aromatic rings. The fraction of sp³-hybridized carbons (Fsp3) is 0.300. The van der Waals surface area contributed by atoms with Gasteiger partial charge < -0.3 is 9.64 Å². The van der Waals surface area contributed by atoms with Gasteiger partial charge in [0.1, 0.15) is 5.75 Å². The maximum absolute atomic E-state index is 13.4. The van der Waals surface area contributed by atoms with Gasteiger partial charge in [-0.3, -0.25) is 9.69 Å². The van der Waals surface area contributed by atoms with Gasteiger partial charge in [-0.1, -0.05) is 23.5 Å². The predicted octanol–water partition coefficient (Wildman–Crippen LogP) is 3.81. The van der Waals surface area contributed by atoms with Crippen LogP contribution in [0.1, 0.15) is 10.4 Å². The van der Waals surface area contributed by atoms with Crippen LogP contribution in [0.3, 0.4) is 0 Å². The standard InChI is InChI=1S/C20H20F3N3O4S2/c1-25(2)10-11-26(18(27)14-6-4-5-7-17(14)32(3,28)29)19-24-15-9-8-13(12-16(15)31-19)30-20(21,22)23/h4-9,12H,10-11H2,1-3H3. The van der Waals surface area contributed by atoms with Gasteiger partial charge in [0.25, 0.3) is 5.91 Å². The number of thiazole rings is 1.